The van der Waals surface area contributed by atoms with Crippen LogP contribution in [-0.2, 0) is 5.67 Å². The van der Waals surface area contributed by atoms with Crippen LogP contribution in [0.1, 0.15) is 40.1 Å². The summed E-state index contributed by atoms with van der Waals surface area (Å²) in [6.07, 6.45) is -2.21. The van der Waals surface area contributed by atoms with Crippen molar-refractivity contribution in [2.75, 3.05) is 23.9 Å². The zero-order valence-corrected chi connectivity index (χ0v) is 22.1. The van der Waals surface area contributed by atoms with E-state index in [0.29, 0.717) is 18.2 Å². The van der Waals surface area contributed by atoms with E-state index in [9.17, 15) is 27.2 Å². The number of methoxy groups -OCH3 is 1. The van der Waals surface area contributed by atoms with Crippen molar-refractivity contribution in [1.29, 1.82) is 0 Å². The third-order valence-electron chi connectivity index (χ3n) is 5.58. The molecule has 3 aromatic rings. The smallest absolute Gasteiger partial charge is 0.426 e. The molecule has 196 valence electrons. The van der Waals surface area contributed by atoms with E-state index in [2.05, 4.69) is 26.2 Å². The lowest BCUT2D eigenvalue weighted by Gasteiger charge is -2.25. The van der Waals surface area contributed by atoms with Crippen LogP contribution in [0.25, 0.3) is 0 Å². The molecule has 1 aromatic heterocycles. The van der Waals surface area contributed by atoms with Gasteiger partial charge in [0.05, 0.1) is 29.1 Å². The molecule has 1 heterocycles. The van der Waals surface area contributed by atoms with Gasteiger partial charge in [0.2, 0.25) is 5.67 Å². The van der Waals surface area contributed by atoms with Gasteiger partial charge in [-0.2, -0.15) is 13.2 Å². The SMILES string of the molecule is CCN(C(=O)c1ccncc1)c1cccc(C(=O)Nc2c(Cl)cc(C(C)(F)C(F)(F)F)cc2Br)c1OC. The number of nitrogens with zero attached hydrogens (tertiary/aromatic N) is 2. The van der Waals surface area contributed by atoms with E-state index >= 15 is 0 Å². The van der Waals surface area contributed by atoms with Crippen LogP contribution in [0.5, 0.6) is 5.75 Å². The van der Waals surface area contributed by atoms with Gasteiger partial charge in [-0.25, -0.2) is 4.39 Å². The zero-order valence-electron chi connectivity index (χ0n) is 19.8. The summed E-state index contributed by atoms with van der Waals surface area (Å²) in [7, 11) is 1.33. The first-order valence-corrected chi connectivity index (χ1v) is 12.0. The lowest BCUT2D eigenvalue weighted by atomic mass is 9.97. The van der Waals surface area contributed by atoms with Crippen molar-refractivity contribution < 1.29 is 31.9 Å². The minimum Gasteiger partial charge on any atom is -0.494 e. The van der Waals surface area contributed by atoms with Gasteiger partial charge in [-0.15, -0.1) is 0 Å². The standard InChI is InChI=1S/C25H21BrClF4N3O3/c1-4-34(23(36)14-8-10-32-11-9-14)19-7-5-6-16(21(19)37-3)22(35)33-20-17(26)12-15(13-18(20)27)24(2,28)25(29,30)31/h5-13H,4H2,1-3H3,(H,33,35). The molecule has 0 saturated carbocycles. The molecule has 1 unspecified atom stereocenters. The number of hydrogen-bond donors (Lipinski definition) is 1. The molecule has 0 aliphatic rings. The molecule has 12 heteroatoms. The van der Waals surface area contributed by atoms with Gasteiger partial charge in [0, 0.05) is 34.5 Å². The highest BCUT2D eigenvalue weighted by Gasteiger charge is 2.53. The number of anilines is 2. The molecule has 2 amide bonds. The first kappa shape index (κ1) is 28.4. The van der Waals surface area contributed by atoms with Crippen LogP contribution < -0.4 is 15.0 Å². The number of amides is 2. The number of carbonyl (C=O) groups excluding carboxylic acids is 2. The molecule has 2 aromatic carbocycles. The van der Waals surface area contributed by atoms with E-state index < -0.39 is 23.3 Å². The molecule has 1 N–H and O–H groups in total. The first-order chi connectivity index (χ1) is 17.3. The van der Waals surface area contributed by atoms with E-state index in [-0.39, 0.29) is 38.9 Å². The Hall–Kier alpha value is -3.18. The predicted octanol–water partition coefficient (Wildman–Crippen LogP) is 7.17. The van der Waals surface area contributed by atoms with Crippen molar-refractivity contribution >= 4 is 50.7 Å². The highest BCUT2D eigenvalue weighted by Crippen LogP contribution is 2.45. The second-order valence-corrected chi connectivity index (χ2v) is 9.17. The average Bonchev–Trinajstić information content (AvgIpc) is 2.85. The van der Waals surface area contributed by atoms with Crippen molar-refractivity contribution in [3.63, 3.8) is 0 Å². The second kappa shape index (κ2) is 11.1. The van der Waals surface area contributed by atoms with E-state index in [1.54, 1.807) is 31.2 Å². The largest absolute Gasteiger partial charge is 0.494 e. The molecule has 0 fully saturated rings. The molecule has 0 saturated heterocycles. The summed E-state index contributed by atoms with van der Waals surface area (Å²) in [5.41, 5.74) is -3.74. The highest BCUT2D eigenvalue weighted by molar-refractivity contribution is 9.10. The molecular weight excluding hydrogens is 582 g/mol. The number of alkyl halides is 4. The monoisotopic (exact) mass is 601 g/mol. The van der Waals surface area contributed by atoms with Crippen molar-refractivity contribution in [2.24, 2.45) is 0 Å². The molecule has 6 nitrogen and oxygen atoms in total. The van der Waals surface area contributed by atoms with Gasteiger partial charge in [-0.05, 0) is 66.2 Å². The third kappa shape index (κ3) is 5.72. The Labute approximate surface area is 223 Å². The fourth-order valence-electron chi connectivity index (χ4n) is 3.51. The summed E-state index contributed by atoms with van der Waals surface area (Å²) < 4.78 is 59.3. The van der Waals surface area contributed by atoms with Gasteiger partial charge < -0.3 is 15.0 Å². The summed E-state index contributed by atoms with van der Waals surface area (Å²) in [6.45, 7) is 2.39. The van der Waals surface area contributed by atoms with Crippen molar-refractivity contribution in [3.05, 3.63) is 81.0 Å². The van der Waals surface area contributed by atoms with Crippen LogP contribution in [0, 0.1) is 0 Å². The van der Waals surface area contributed by atoms with Crippen molar-refractivity contribution in [3.8, 4) is 5.75 Å². The number of ether oxygens (including phenoxy) is 1. The molecular formula is C25H21BrClF4N3O3. The fourth-order valence-corrected chi connectivity index (χ4v) is 4.45. The number of rotatable bonds is 7. The van der Waals surface area contributed by atoms with Gasteiger partial charge >= 0.3 is 6.18 Å². The van der Waals surface area contributed by atoms with Crippen molar-refractivity contribution in [2.45, 2.75) is 25.7 Å². The lowest BCUT2D eigenvalue weighted by Crippen LogP contribution is -2.35. The van der Waals surface area contributed by atoms with Gasteiger partial charge in [-0.1, -0.05) is 17.7 Å². The minimum absolute atomic E-state index is 0.0265. The number of pyridine rings is 1. The normalized spacial score (nSPS) is 13.0. The summed E-state index contributed by atoms with van der Waals surface area (Å²) >= 11 is 9.21. The number of carbonyl (C=O) groups is 2. The second-order valence-electron chi connectivity index (χ2n) is 7.91. The van der Waals surface area contributed by atoms with Crippen molar-refractivity contribution in [1.82, 2.24) is 4.98 Å². The number of para-hydroxylation sites is 1. The van der Waals surface area contributed by atoms with Crippen LogP contribution >= 0.6 is 27.5 Å². The van der Waals surface area contributed by atoms with Crippen LogP contribution in [0.3, 0.4) is 0 Å². The maximum atomic E-state index is 14.4. The Balaban J connectivity index is 1.98. The lowest BCUT2D eigenvalue weighted by molar-refractivity contribution is -0.228. The fraction of sp³-hybridized carbons (Fsp3) is 0.240. The Bertz CT molecular complexity index is 1300. The van der Waals surface area contributed by atoms with E-state index in [1.807, 2.05) is 0 Å². The Morgan fingerprint density at radius 2 is 1.78 bits per heavy atom. The summed E-state index contributed by atoms with van der Waals surface area (Å²) in [6, 6.07) is 9.41. The number of hydrogen-bond acceptors (Lipinski definition) is 4. The molecule has 0 aliphatic carbocycles. The summed E-state index contributed by atoms with van der Waals surface area (Å²) in [5.74, 6) is -0.983. The van der Waals surface area contributed by atoms with Gasteiger partial charge in [0.1, 0.15) is 0 Å². The molecule has 0 bridgehead atoms. The quantitative estimate of drug-likeness (QED) is 0.291. The molecule has 0 radical (unpaired) electrons. The topological polar surface area (TPSA) is 71.5 Å². The third-order valence-corrected chi connectivity index (χ3v) is 6.50. The summed E-state index contributed by atoms with van der Waals surface area (Å²) in [4.78, 5) is 31.6. The Morgan fingerprint density at radius 1 is 1.14 bits per heavy atom. The molecule has 1 atom stereocenters. The van der Waals surface area contributed by atoms with Gasteiger partial charge in [-0.3, -0.25) is 14.6 Å². The Morgan fingerprint density at radius 3 is 2.32 bits per heavy atom. The maximum Gasteiger partial charge on any atom is 0.426 e. The van der Waals surface area contributed by atoms with Crippen LogP contribution in [-0.4, -0.2) is 36.6 Å². The molecule has 0 spiro atoms. The maximum absolute atomic E-state index is 14.4. The van der Waals surface area contributed by atoms with E-state index in [0.717, 1.165) is 12.1 Å². The van der Waals surface area contributed by atoms with Crippen LogP contribution in [0.4, 0.5) is 28.9 Å². The van der Waals surface area contributed by atoms with E-state index in [1.165, 1.54) is 30.5 Å². The highest BCUT2D eigenvalue weighted by atomic mass is 79.9. The predicted molar refractivity (Wildman–Crippen MR) is 136 cm³/mol. The molecule has 3 rings (SSSR count). The molecule has 37 heavy (non-hydrogen) atoms. The number of nitrogens with one attached hydrogen (secondary N) is 1. The first-order valence-electron chi connectivity index (χ1n) is 10.8. The van der Waals surface area contributed by atoms with Gasteiger partial charge in [0.15, 0.2) is 5.75 Å². The zero-order chi connectivity index (χ0) is 27.5. The average molecular weight is 603 g/mol. The molecule has 0 aliphatic heterocycles. The van der Waals surface area contributed by atoms with Gasteiger partial charge in [0.25, 0.3) is 11.8 Å². The number of halogens is 6. The van der Waals surface area contributed by atoms with Crippen LogP contribution in [0.15, 0.2) is 59.3 Å². The summed E-state index contributed by atoms with van der Waals surface area (Å²) in [5, 5.41) is 2.20. The van der Waals surface area contributed by atoms with Crippen LogP contribution in [0.2, 0.25) is 5.02 Å². The van der Waals surface area contributed by atoms with E-state index in [4.69, 9.17) is 16.3 Å². The number of aromatic nitrogens is 1. The Kier molecular flexibility index (Phi) is 8.49. The minimum atomic E-state index is -5.17. The number of benzene rings is 2.